The Labute approximate surface area is 549 Å². The number of nitrogens with two attached hydrogens (primary N) is 1. The van der Waals surface area contributed by atoms with E-state index in [-0.39, 0.29) is 49.3 Å². The number of aromatic nitrogens is 2. The van der Waals surface area contributed by atoms with Gasteiger partial charge >= 0.3 is 23.9 Å². The monoisotopic (exact) mass is 1340 g/mol. The van der Waals surface area contributed by atoms with Crippen molar-refractivity contribution in [1.29, 1.82) is 0 Å². The summed E-state index contributed by atoms with van der Waals surface area (Å²) in [4.78, 5) is 195. The van der Waals surface area contributed by atoms with Crippen molar-refractivity contribution in [2.45, 2.75) is 165 Å². The molecule has 3 aromatic carbocycles. The molecule has 0 spiro atoms. The number of likely N-dealkylation sites (tertiary alicyclic amines) is 1. The Hall–Kier alpha value is -11.0. The third kappa shape index (κ3) is 24.2. The van der Waals surface area contributed by atoms with Crippen LogP contribution in [0.4, 0.5) is 0 Å². The van der Waals surface area contributed by atoms with Gasteiger partial charge in [0.25, 0.3) is 0 Å². The van der Waals surface area contributed by atoms with Crippen LogP contribution in [0.1, 0.15) is 95.0 Å². The summed E-state index contributed by atoms with van der Waals surface area (Å²) in [6, 6.07) is 1.72. The Kier molecular flexibility index (Phi) is 28.8. The number of carboxylic acids is 4. The third-order valence-electron chi connectivity index (χ3n) is 15.4. The molecule has 1 saturated heterocycles. The Morgan fingerprint density at radius 2 is 0.938 bits per heavy atom. The second kappa shape index (κ2) is 36.5. The van der Waals surface area contributed by atoms with Crippen LogP contribution in [0.15, 0.2) is 91.4 Å². The topological polar surface area (TPSA) is 527 Å². The molecule has 96 heavy (non-hydrogen) atoms. The minimum Gasteiger partial charge on any atom is -0.508 e. The van der Waals surface area contributed by atoms with E-state index < -0.39 is 194 Å². The first-order chi connectivity index (χ1) is 45.4. The van der Waals surface area contributed by atoms with Crippen molar-refractivity contribution in [3.8, 4) is 11.5 Å². The van der Waals surface area contributed by atoms with E-state index in [0.717, 1.165) is 6.92 Å². The quantitative estimate of drug-likeness (QED) is 0.0227. The number of carbonyl (C=O) groups excluding carboxylic acids is 10. The van der Waals surface area contributed by atoms with Crippen molar-refractivity contribution in [2.75, 3.05) is 6.54 Å². The zero-order valence-electron chi connectivity index (χ0n) is 52.9. The van der Waals surface area contributed by atoms with Crippen molar-refractivity contribution in [3.05, 3.63) is 114 Å². The van der Waals surface area contributed by atoms with Gasteiger partial charge in [-0.25, -0.2) is 9.78 Å². The van der Waals surface area contributed by atoms with E-state index in [1.54, 1.807) is 44.2 Å². The van der Waals surface area contributed by atoms with Gasteiger partial charge in [-0.05, 0) is 86.4 Å². The smallest absolute Gasteiger partial charge is 0.326 e. The summed E-state index contributed by atoms with van der Waals surface area (Å²) in [6.07, 6.45) is -0.970. The summed E-state index contributed by atoms with van der Waals surface area (Å²) >= 11 is 0. The summed E-state index contributed by atoms with van der Waals surface area (Å²) in [6.45, 7) is 5.78. The molecule has 5 rings (SSSR count). The highest BCUT2D eigenvalue weighted by atomic mass is 16.4. The number of nitrogens with zero attached hydrogens (tertiary/aromatic N) is 2. The maximum atomic E-state index is 14.6. The van der Waals surface area contributed by atoms with E-state index in [0.29, 0.717) is 23.2 Å². The molecule has 0 bridgehead atoms. The normalized spacial score (nSPS) is 15.8. The van der Waals surface area contributed by atoms with E-state index in [1.165, 1.54) is 72.9 Å². The van der Waals surface area contributed by atoms with Gasteiger partial charge in [0.05, 0.1) is 18.8 Å². The lowest BCUT2D eigenvalue weighted by Gasteiger charge is -2.30. The molecular weight excluding hydrogens is 1260 g/mol. The summed E-state index contributed by atoms with van der Waals surface area (Å²) < 4.78 is 0. The molecule has 4 aromatic rings. The zero-order valence-corrected chi connectivity index (χ0v) is 52.9. The maximum Gasteiger partial charge on any atom is 0.326 e. The first-order valence-electron chi connectivity index (χ1n) is 30.6. The Morgan fingerprint density at radius 3 is 1.41 bits per heavy atom. The number of imidazole rings is 1. The molecule has 1 fully saturated rings. The molecular formula is C63H81N13O20. The number of nitrogens with one attached hydrogen (secondary N) is 10. The van der Waals surface area contributed by atoms with E-state index in [1.807, 2.05) is 0 Å². The Morgan fingerprint density at radius 1 is 0.510 bits per heavy atom. The van der Waals surface area contributed by atoms with Crippen LogP contribution in [0.25, 0.3) is 0 Å². The number of hydrogen-bond donors (Lipinski definition) is 17. The summed E-state index contributed by atoms with van der Waals surface area (Å²) in [5.41, 5.74) is 7.87. The van der Waals surface area contributed by atoms with Crippen LogP contribution in [-0.2, 0) is 92.8 Å². The summed E-state index contributed by atoms with van der Waals surface area (Å²) in [5.74, 6) is -16.9. The number of aromatic hydroxyl groups is 2. The molecule has 33 nitrogen and oxygen atoms in total. The maximum absolute atomic E-state index is 14.6. The van der Waals surface area contributed by atoms with Crippen molar-refractivity contribution in [3.63, 3.8) is 0 Å². The van der Waals surface area contributed by atoms with Crippen molar-refractivity contribution in [1.82, 2.24) is 62.7 Å². The highest BCUT2D eigenvalue weighted by Crippen LogP contribution is 2.21. The molecule has 18 N–H and O–H groups in total. The van der Waals surface area contributed by atoms with Crippen LogP contribution in [0.2, 0.25) is 0 Å². The lowest BCUT2D eigenvalue weighted by atomic mass is 10.0. The average molecular weight is 1340 g/mol. The zero-order chi connectivity index (χ0) is 70.9. The van der Waals surface area contributed by atoms with E-state index in [4.69, 9.17) is 5.73 Å². The number of H-pyrrole nitrogens is 1. The van der Waals surface area contributed by atoms with Crippen LogP contribution < -0.4 is 53.6 Å². The molecule has 0 radical (unpaired) electrons. The first kappa shape index (κ1) is 75.7. The molecule has 11 atom stereocenters. The second-order valence-electron chi connectivity index (χ2n) is 23.4. The van der Waals surface area contributed by atoms with Gasteiger partial charge < -0.3 is 94.1 Å². The van der Waals surface area contributed by atoms with Gasteiger partial charge in [-0.3, -0.25) is 62.3 Å². The number of aromatic amines is 1. The fraction of sp³-hybridized carbons (Fsp3) is 0.444. The van der Waals surface area contributed by atoms with Crippen LogP contribution >= 0.6 is 0 Å². The number of carbonyl (C=O) groups is 14. The molecule has 1 aliphatic rings. The molecule has 518 valence electrons. The number of aliphatic carboxylic acids is 4. The van der Waals surface area contributed by atoms with Crippen LogP contribution in [0.3, 0.4) is 0 Å². The molecule has 0 aliphatic carbocycles. The van der Waals surface area contributed by atoms with Gasteiger partial charge in [0.1, 0.15) is 71.9 Å². The minimum atomic E-state index is -2.03. The van der Waals surface area contributed by atoms with Gasteiger partial charge in [-0.15, -0.1) is 0 Å². The van der Waals surface area contributed by atoms with Crippen LogP contribution in [-0.4, -0.2) is 201 Å². The lowest BCUT2D eigenvalue weighted by molar-refractivity contribution is -0.143. The molecule has 2 heterocycles. The number of phenols is 2. The number of benzene rings is 3. The first-order valence-corrected chi connectivity index (χ1v) is 30.6. The van der Waals surface area contributed by atoms with Crippen molar-refractivity contribution in [2.24, 2.45) is 11.7 Å². The largest absolute Gasteiger partial charge is 0.508 e. The van der Waals surface area contributed by atoms with Gasteiger partial charge in [0, 0.05) is 57.0 Å². The molecule has 1 aromatic heterocycles. The summed E-state index contributed by atoms with van der Waals surface area (Å²) in [7, 11) is 0. The van der Waals surface area contributed by atoms with Gasteiger partial charge in [-0.1, -0.05) is 68.4 Å². The second-order valence-corrected chi connectivity index (χ2v) is 23.4. The van der Waals surface area contributed by atoms with Crippen LogP contribution in [0.5, 0.6) is 11.5 Å². The Bertz CT molecular complexity index is 3410. The number of carboxylic acid groups (broad SMARTS) is 4. The highest BCUT2D eigenvalue weighted by Gasteiger charge is 2.40. The molecule has 0 saturated carbocycles. The summed E-state index contributed by atoms with van der Waals surface area (Å²) in [5, 5.41) is 80.4. The van der Waals surface area contributed by atoms with E-state index in [9.17, 15) is 97.8 Å². The third-order valence-corrected chi connectivity index (χ3v) is 15.4. The fourth-order valence-corrected chi connectivity index (χ4v) is 10.1. The van der Waals surface area contributed by atoms with Gasteiger partial charge in [-0.2, -0.15) is 0 Å². The van der Waals surface area contributed by atoms with Crippen molar-refractivity contribution >= 4 is 82.9 Å². The standard InChI is InChI=1S/C63H81N13O20/c1-32(2)52(75-60(92)48-11-8-24-76(48)62(94)41(64)28-38-30-65-31-66-38)61(93)68-34(4)53(85)69-42(20-22-49(79)80)55(87)67-33(3)54(86)71-46(29-51(83)84)59(91)73-45(26-36-12-16-39(77)17-13-36)58(90)72-44(25-35-9-6-5-7-10-35)57(89)70-43(21-23-50(81)82)56(88)74-47(63(95)96)27-37-14-18-40(78)19-15-37/h5-7,9-10,12-19,30-34,41-48,52,77-78H,8,11,20-29,64H2,1-4H3,(H,65,66)(H,67,87)(H,68,93)(H,69,85)(H,70,89)(H,71,86)(H,72,90)(H,73,91)(H,74,88)(H,75,92)(H,79,80)(H,81,82)(H,83,84)(H,95,96)/t33-,34-,41-,42-,43-,44-,45-,46-,47-,48-,52-/m0/s1. The van der Waals surface area contributed by atoms with Crippen molar-refractivity contribution < 1.29 is 97.8 Å². The number of amides is 10. The molecule has 10 amide bonds. The molecule has 1 aliphatic heterocycles. The predicted octanol–water partition coefficient (Wildman–Crippen LogP) is -2.24. The number of phenolic OH excluding ortho intramolecular Hbond substituents is 2. The number of rotatable bonds is 37. The number of hydrogen-bond acceptors (Lipinski definition) is 18. The van der Waals surface area contributed by atoms with Gasteiger partial charge in [0.15, 0.2) is 0 Å². The SMILES string of the molecule is CC(C)[C@H](NC(=O)[C@@H]1CCCN1C(=O)[C@@H](N)Cc1cnc[nH]1)C(=O)N[C@@H](C)C(=O)N[C@@H](CCC(=O)O)C(=O)N[C@@H](C)C(=O)N[C@@H](CC(=O)O)C(=O)N[C@@H](Cc1ccc(O)cc1)C(=O)N[C@@H](Cc1ccccc1)C(=O)N[C@@H](CCC(=O)O)C(=O)N[C@@H](Cc1ccc(O)cc1)C(=O)O. The minimum absolute atomic E-state index is 0.119. The van der Waals surface area contributed by atoms with Gasteiger partial charge in [0.2, 0.25) is 59.1 Å². The lowest BCUT2D eigenvalue weighted by Crippen LogP contribution is -2.61. The van der Waals surface area contributed by atoms with E-state index in [2.05, 4.69) is 57.8 Å². The fourth-order valence-electron chi connectivity index (χ4n) is 10.1. The Balaban J connectivity index is 1.29. The average Bonchev–Trinajstić information content (AvgIpc) is 1.61. The molecule has 0 unspecified atom stereocenters. The highest BCUT2D eigenvalue weighted by molar-refractivity contribution is 6.00. The van der Waals surface area contributed by atoms with E-state index >= 15 is 0 Å². The van der Waals surface area contributed by atoms with Crippen LogP contribution in [0, 0.1) is 5.92 Å². The molecule has 33 heteroatoms. The predicted molar refractivity (Wildman–Crippen MR) is 336 cm³/mol.